The Balaban J connectivity index is 2.46. The summed E-state index contributed by atoms with van der Waals surface area (Å²) < 4.78 is 0. The lowest BCUT2D eigenvalue weighted by atomic mass is 10.2. The van der Waals surface area contributed by atoms with E-state index in [2.05, 4.69) is 22.3 Å². The zero-order valence-electron chi connectivity index (χ0n) is 7.58. The monoisotopic (exact) mass is 192 g/mol. The summed E-state index contributed by atoms with van der Waals surface area (Å²) in [6, 6.07) is 8.23. The normalized spacial score (nSPS) is 16.1. The van der Waals surface area contributed by atoms with Crippen LogP contribution >= 0.6 is 12.2 Å². The molecule has 13 heavy (non-hydrogen) atoms. The average Bonchev–Trinajstić information content (AvgIpc) is 2.29. The van der Waals surface area contributed by atoms with Gasteiger partial charge < -0.3 is 10.2 Å². The van der Waals surface area contributed by atoms with Crippen LogP contribution in [0.1, 0.15) is 6.42 Å². The topological polar surface area (TPSA) is 15.3 Å². The van der Waals surface area contributed by atoms with Gasteiger partial charge in [-0.15, -0.1) is 0 Å². The highest BCUT2D eigenvalue weighted by atomic mass is 32.1. The molecule has 0 radical (unpaired) electrons. The third-order valence-corrected chi connectivity index (χ3v) is 2.77. The molecular weight excluding hydrogens is 180 g/mol. The quantitative estimate of drug-likeness (QED) is 0.635. The molecule has 1 aromatic carbocycles. The van der Waals surface area contributed by atoms with Crippen LogP contribution in [0, 0.1) is 0 Å². The van der Waals surface area contributed by atoms with Gasteiger partial charge in [0.1, 0.15) is 0 Å². The fourth-order valence-corrected chi connectivity index (χ4v) is 1.72. The zero-order chi connectivity index (χ0) is 9.26. The number of anilines is 2. The Kier molecular flexibility index (Phi) is 2.19. The van der Waals surface area contributed by atoms with Crippen LogP contribution < -0.4 is 10.2 Å². The molecule has 0 saturated heterocycles. The predicted molar refractivity (Wildman–Crippen MR) is 60.5 cm³/mol. The first-order valence-corrected chi connectivity index (χ1v) is 4.79. The SMILES string of the molecule is CN1C(=S)CCNc2ccccc21. The highest BCUT2D eigenvalue weighted by Gasteiger charge is 2.14. The lowest BCUT2D eigenvalue weighted by Gasteiger charge is -2.18. The van der Waals surface area contributed by atoms with Crippen molar-refractivity contribution in [2.24, 2.45) is 0 Å². The molecule has 3 heteroatoms. The smallest absolute Gasteiger partial charge is 0.0839 e. The number of benzene rings is 1. The van der Waals surface area contributed by atoms with Crippen molar-refractivity contribution in [2.75, 3.05) is 23.8 Å². The lowest BCUT2D eigenvalue weighted by Crippen LogP contribution is -2.23. The molecule has 1 aliphatic heterocycles. The Labute approximate surface area is 83.6 Å². The second-order valence-corrected chi connectivity index (χ2v) is 3.62. The van der Waals surface area contributed by atoms with Gasteiger partial charge in [-0.3, -0.25) is 0 Å². The summed E-state index contributed by atoms with van der Waals surface area (Å²) in [5, 5.41) is 3.36. The third kappa shape index (κ3) is 1.52. The largest absolute Gasteiger partial charge is 0.383 e. The van der Waals surface area contributed by atoms with Crippen molar-refractivity contribution in [1.29, 1.82) is 0 Å². The van der Waals surface area contributed by atoms with Crippen LogP contribution in [0.5, 0.6) is 0 Å². The van der Waals surface area contributed by atoms with Crippen molar-refractivity contribution in [2.45, 2.75) is 6.42 Å². The molecule has 1 N–H and O–H groups in total. The Morgan fingerprint density at radius 1 is 1.38 bits per heavy atom. The molecule has 0 aliphatic carbocycles. The van der Waals surface area contributed by atoms with Crippen LogP contribution in [-0.2, 0) is 0 Å². The van der Waals surface area contributed by atoms with Crippen LogP contribution in [0.15, 0.2) is 24.3 Å². The standard InChI is InChI=1S/C10H12N2S/c1-12-9-5-3-2-4-8(9)11-7-6-10(12)13/h2-5,11H,6-7H2,1H3. The molecule has 0 unspecified atom stereocenters. The molecule has 2 rings (SSSR count). The summed E-state index contributed by atoms with van der Waals surface area (Å²) in [7, 11) is 2.02. The van der Waals surface area contributed by atoms with Gasteiger partial charge in [0.05, 0.1) is 16.4 Å². The molecule has 68 valence electrons. The molecule has 1 aromatic rings. The minimum Gasteiger partial charge on any atom is -0.383 e. The Hall–Kier alpha value is -1.09. The number of para-hydroxylation sites is 2. The Morgan fingerprint density at radius 3 is 3.00 bits per heavy atom. The molecule has 1 aliphatic rings. The van der Waals surface area contributed by atoms with Crippen molar-refractivity contribution in [3.05, 3.63) is 24.3 Å². The molecule has 0 aromatic heterocycles. The van der Waals surface area contributed by atoms with Crippen LogP contribution in [0.25, 0.3) is 0 Å². The minimum atomic E-state index is 0.931. The van der Waals surface area contributed by atoms with Gasteiger partial charge in [0.15, 0.2) is 0 Å². The van der Waals surface area contributed by atoms with E-state index in [0.717, 1.165) is 18.0 Å². The maximum Gasteiger partial charge on any atom is 0.0839 e. The van der Waals surface area contributed by atoms with Crippen LogP contribution in [0.3, 0.4) is 0 Å². The molecule has 0 spiro atoms. The van der Waals surface area contributed by atoms with E-state index in [1.54, 1.807) is 0 Å². The number of hydrogen-bond donors (Lipinski definition) is 1. The first kappa shape index (κ1) is 8.51. The van der Waals surface area contributed by atoms with Gasteiger partial charge in [0.25, 0.3) is 0 Å². The summed E-state index contributed by atoms with van der Waals surface area (Å²) in [5.41, 5.74) is 2.34. The molecule has 0 amide bonds. The van der Waals surface area contributed by atoms with E-state index >= 15 is 0 Å². The Bertz CT molecular complexity index is 335. The van der Waals surface area contributed by atoms with Crippen LogP contribution in [-0.4, -0.2) is 18.6 Å². The van der Waals surface area contributed by atoms with Gasteiger partial charge in [-0.25, -0.2) is 0 Å². The Morgan fingerprint density at radius 2 is 2.15 bits per heavy atom. The van der Waals surface area contributed by atoms with E-state index in [1.807, 2.05) is 19.2 Å². The summed E-state index contributed by atoms with van der Waals surface area (Å²) in [4.78, 5) is 3.07. The minimum absolute atomic E-state index is 0.931. The third-order valence-electron chi connectivity index (χ3n) is 2.29. The predicted octanol–water partition coefficient (Wildman–Crippen LogP) is 2.27. The van der Waals surface area contributed by atoms with E-state index in [9.17, 15) is 0 Å². The lowest BCUT2D eigenvalue weighted by molar-refractivity contribution is 1.12. The number of fused-ring (bicyclic) bond motifs is 1. The molecule has 0 saturated carbocycles. The first-order chi connectivity index (χ1) is 6.29. The zero-order valence-corrected chi connectivity index (χ0v) is 8.40. The fourth-order valence-electron chi connectivity index (χ4n) is 1.52. The van der Waals surface area contributed by atoms with Crippen molar-refractivity contribution >= 4 is 28.6 Å². The van der Waals surface area contributed by atoms with E-state index in [-0.39, 0.29) is 0 Å². The van der Waals surface area contributed by atoms with Gasteiger partial charge in [0.2, 0.25) is 0 Å². The highest BCUT2D eigenvalue weighted by molar-refractivity contribution is 7.80. The summed E-state index contributed by atoms with van der Waals surface area (Å²) in [6.45, 7) is 0.931. The maximum absolute atomic E-state index is 5.28. The van der Waals surface area contributed by atoms with Gasteiger partial charge in [-0.1, -0.05) is 24.4 Å². The maximum atomic E-state index is 5.28. The summed E-state index contributed by atoms with van der Waals surface area (Å²) >= 11 is 5.28. The van der Waals surface area contributed by atoms with Crippen molar-refractivity contribution < 1.29 is 0 Å². The molecule has 0 atom stereocenters. The van der Waals surface area contributed by atoms with Crippen LogP contribution in [0.2, 0.25) is 0 Å². The van der Waals surface area contributed by atoms with Crippen LogP contribution in [0.4, 0.5) is 11.4 Å². The summed E-state index contributed by atoms with van der Waals surface area (Å²) in [6.07, 6.45) is 0.931. The molecule has 0 bridgehead atoms. The fraction of sp³-hybridized carbons (Fsp3) is 0.300. The molecular formula is C10H12N2S. The number of thiocarbonyl (C=S) groups is 1. The molecule has 0 fully saturated rings. The van der Waals surface area contributed by atoms with E-state index in [0.29, 0.717) is 0 Å². The second kappa shape index (κ2) is 3.34. The molecule has 2 nitrogen and oxygen atoms in total. The second-order valence-electron chi connectivity index (χ2n) is 3.15. The van der Waals surface area contributed by atoms with E-state index in [4.69, 9.17) is 12.2 Å². The van der Waals surface area contributed by atoms with E-state index < -0.39 is 0 Å². The average molecular weight is 192 g/mol. The van der Waals surface area contributed by atoms with Gasteiger partial charge in [0, 0.05) is 20.0 Å². The number of nitrogens with zero attached hydrogens (tertiary/aromatic N) is 1. The number of rotatable bonds is 0. The first-order valence-electron chi connectivity index (χ1n) is 4.38. The van der Waals surface area contributed by atoms with Gasteiger partial charge in [-0.2, -0.15) is 0 Å². The van der Waals surface area contributed by atoms with Gasteiger partial charge in [-0.05, 0) is 12.1 Å². The molecule has 1 heterocycles. The number of nitrogens with one attached hydrogen (secondary N) is 1. The highest BCUT2D eigenvalue weighted by Crippen LogP contribution is 2.27. The van der Waals surface area contributed by atoms with Crippen molar-refractivity contribution in [3.8, 4) is 0 Å². The van der Waals surface area contributed by atoms with Crippen molar-refractivity contribution in [3.63, 3.8) is 0 Å². The van der Waals surface area contributed by atoms with E-state index in [1.165, 1.54) is 11.4 Å². The number of hydrogen-bond acceptors (Lipinski definition) is 2. The van der Waals surface area contributed by atoms with Gasteiger partial charge >= 0.3 is 0 Å². The summed E-state index contributed by atoms with van der Waals surface area (Å²) in [5.74, 6) is 0. The van der Waals surface area contributed by atoms with Crippen molar-refractivity contribution in [1.82, 2.24) is 0 Å².